The Kier molecular flexibility index (Phi) is 2.57. The molecule has 4 N–H and O–H groups in total. The molecule has 15 heavy (non-hydrogen) atoms. The van der Waals surface area contributed by atoms with E-state index in [2.05, 4.69) is 9.72 Å². The minimum absolute atomic E-state index is 0.107. The van der Waals surface area contributed by atoms with E-state index in [0.717, 1.165) is 6.07 Å². The number of hydrogen-bond acceptors (Lipinski definition) is 5. The van der Waals surface area contributed by atoms with Gasteiger partial charge in [0.05, 0.1) is 11.4 Å². The Balaban J connectivity index is 3.15. The van der Waals surface area contributed by atoms with Crippen LogP contribution in [0.15, 0.2) is 6.07 Å². The Morgan fingerprint density at radius 3 is 2.40 bits per heavy atom. The summed E-state index contributed by atoms with van der Waals surface area (Å²) in [5.74, 6) is -0.881. The summed E-state index contributed by atoms with van der Waals surface area (Å²) in [6.45, 7) is 0. The molecule has 0 aliphatic heterocycles. The summed E-state index contributed by atoms with van der Waals surface area (Å²) in [6, 6.07) is 2.49. The molecule has 0 saturated heterocycles. The molecule has 0 fully saturated rings. The van der Waals surface area contributed by atoms with Gasteiger partial charge in [0.25, 0.3) is 0 Å². The number of nitrogen functional groups attached to an aromatic ring is 2. The normalized spacial score (nSPS) is 10.8. The number of anilines is 2. The largest absolute Gasteiger partial charge is 0.574 e. The van der Waals surface area contributed by atoms with Gasteiger partial charge >= 0.3 is 6.36 Å². The molecule has 0 saturated carbocycles. The molecule has 0 aromatic carbocycles. The van der Waals surface area contributed by atoms with Crippen molar-refractivity contribution >= 4 is 11.4 Å². The molecule has 0 atom stereocenters. The van der Waals surface area contributed by atoms with Crippen molar-refractivity contribution in [2.45, 2.75) is 6.36 Å². The Morgan fingerprint density at radius 1 is 1.33 bits per heavy atom. The average Bonchev–Trinajstić information content (AvgIpc) is 2.07. The average molecular weight is 218 g/mol. The summed E-state index contributed by atoms with van der Waals surface area (Å²) in [4.78, 5) is 3.22. The first-order valence-corrected chi connectivity index (χ1v) is 3.55. The summed E-state index contributed by atoms with van der Waals surface area (Å²) >= 11 is 0. The second-order valence-corrected chi connectivity index (χ2v) is 2.48. The van der Waals surface area contributed by atoms with Gasteiger partial charge in [-0.15, -0.1) is 13.2 Å². The van der Waals surface area contributed by atoms with Gasteiger partial charge in [-0.1, -0.05) is 0 Å². The number of aromatic nitrogens is 1. The highest BCUT2D eigenvalue weighted by atomic mass is 19.4. The maximum Gasteiger partial charge on any atom is 0.574 e. The maximum absolute atomic E-state index is 11.8. The standard InChI is InChI=1S/C7H5F3N4O/c8-7(9,10)15-6-4(13)1-3(12)5(2-11)14-6/h1H,12-13H2. The molecule has 1 aromatic heterocycles. The molecule has 0 radical (unpaired) electrons. The van der Waals surface area contributed by atoms with Crippen molar-refractivity contribution in [2.75, 3.05) is 11.5 Å². The monoisotopic (exact) mass is 218 g/mol. The van der Waals surface area contributed by atoms with Gasteiger partial charge in [0, 0.05) is 0 Å². The fraction of sp³-hybridized carbons (Fsp3) is 0.143. The Hall–Kier alpha value is -2.17. The van der Waals surface area contributed by atoms with Crippen molar-refractivity contribution < 1.29 is 17.9 Å². The highest BCUT2D eigenvalue weighted by molar-refractivity contribution is 5.62. The quantitative estimate of drug-likeness (QED) is 0.733. The maximum atomic E-state index is 11.8. The number of ether oxygens (including phenoxy) is 1. The van der Waals surface area contributed by atoms with Gasteiger partial charge in [-0.3, -0.25) is 0 Å². The summed E-state index contributed by atoms with van der Waals surface area (Å²) in [5, 5.41) is 8.46. The van der Waals surface area contributed by atoms with Gasteiger partial charge in [-0.2, -0.15) is 10.2 Å². The van der Waals surface area contributed by atoms with Crippen molar-refractivity contribution in [3.63, 3.8) is 0 Å². The molecule has 5 nitrogen and oxygen atoms in total. The lowest BCUT2D eigenvalue weighted by atomic mass is 10.3. The van der Waals surface area contributed by atoms with Crippen LogP contribution >= 0.6 is 0 Å². The van der Waals surface area contributed by atoms with E-state index in [1.165, 1.54) is 6.07 Å². The highest BCUT2D eigenvalue weighted by Gasteiger charge is 2.33. The topological polar surface area (TPSA) is 97.9 Å². The van der Waals surface area contributed by atoms with E-state index in [1.54, 1.807) is 0 Å². The van der Waals surface area contributed by atoms with Crippen LogP contribution in [0.1, 0.15) is 5.69 Å². The minimum atomic E-state index is -4.91. The third-order valence-corrected chi connectivity index (χ3v) is 1.36. The summed E-state index contributed by atoms with van der Waals surface area (Å²) in [7, 11) is 0. The van der Waals surface area contributed by atoms with Crippen LogP contribution in [-0.2, 0) is 0 Å². The second-order valence-electron chi connectivity index (χ2n) is 2.48. The molecule has 0 spiro atoms. The van der Waals surface area contributed by atoms with Gasteiger partial charge in [0.15, 0.2) is 5.69 Å². The SMILES string of the molecule is N#Cc1nc(OC(F)(F)F)c(N)cc1N. The number of nitrogens with zero attached hydrogens (tertiary/aromatic N) is 2. The van der Waals surface area contributed by atoms with Crippen molar-refractivity contribution in [2.24, 2.45) is 0 Å². The van der Waals surface area contributed by atoms with E-state index in [1.807, 2.05) is 0 Å². The predicted octanol–water partition coefficient (Wildman–Crippen LogP) is 1.02. The summed E-state index contributed by atoms with van der Waals surface area (Å²) in [6.07, 6.45) is -4.91. The van der Waals surface area contributed by atoms with Crippen LogP contribution < -0.4 is 16.2 Å². The third kappa shape index (κ3) is 2.63. The first-order chi connectivity index (χ1) is 6.83. The van der Waals surface area contributed by atoms with E-state index in [-0.39, 0.29) is 17.1 Å². The lowest BCUT2D eigenvalue weighted by Crippen LogP contribution is -2.19. The van der Waals surface area contributed by atoms with Crippen LogP contribution in [0.25, 0.3) is 0 Å². The smallest absolute Gasteiger partial charge is 0.396 e. The zero-order chi connectivity index (χ0) is 11.6. The van der Waals surface area contributed by atoms with Crippen molar-refractivity contribution in [1.82, 2.24) is 4.98 Å². The summed E-state index contributed by atoms with van der Waals surface area (Å²) < 4.78 is 39.0. The highest BCUT2D eigenvalue weighted by Crippen LogP contribution is 2.28. The van der Waals surface area contributed by atoms with Crippen LogP contribution in [0, 0.1) is 11.3 Å². The Labute approximate surface area is 82.1 Å². The van der Waals surface area contributed by atoms with E-state index in [9.17, 15) is 13.2 Å². The molecular weight excluding hydrogens is 213 g/mol. The van der Waals surface area contributed by atoms with E-state index >= 15 is 0 Å². The Bertz CT molecular complexity index is 423. The van der Waals surface area contributed by atoms with Crippen LogP contribution in [-0.4, -0.2) is 11.3 Å². The van der Waals surface area contributed by atoms with Crippen LogP contribution in [0.5, 0.6) is 5.88 Å². The van der Waals surface area contributed by atoms with Crippen molar-refractivity contribution in [3.8, 4) is 11.9 Å². The van der Waals surface area contributed by atoms with Gasteiger partial charge in [0.1, 0.15) is 6.07 Å². The fourth-order valence-corrected chi connectivity index (χ4v) is 0.809. The molecule has 0 aliphatic carbocycles. The molecule has 0 unspecified atom stereocenters. The molecule has 1 rings (SSSR count). The van der Waals surface area contributed by atoms with E-state index in [4.69, 9.17) is 16.7 Å². The first kappa shape index (κ1) is 10.9. The second kappa shape index (κ2) is 3.53. The lowest BCUT2D eigenvalue weighted by molar-refractivity contribution is -0.275. The molecule has 80 valence electrons. The molecule has 0 bridgehead atoms. The van der Waals surface area contributed by atoms with Gasteiger partial charge in [0.2, 0.25) is 5.88 Å². The number of halogens is 3. The molecule has 0 aliphatic rings. The van der Waals surface area contributed by atoms with Gasteiger partial charge in [-0.25, -0.2) is 0 Å². The number of rotatable bonds is 1. The first-order valence-electron chi connectivity index (χ1n) is 3.55. The van der Waals surface area contributed by atoms with Crippen LogP contribution in [0.2, 0.25) is 0 Å². The predicted molar refractivity (Wildman–Crippen MR) is 44.5 cm³/mol. The number of nitriles is 1. The molecular formula is C7H5F3N4O. The summed E-state index contributed by atoms with van der Waals surface area (Å²) in [5.41, 5.74) is 9.57. The number of hydrogen-bond donors (Lipinski definition) is 2. The van der Waals surface area contributed by atoms with Crippen LogP contribution in [0.3, 0.4) is 0 Å². The van der Waals surface area contributed by atoms with Crippen LogP contribution in [0.4, 0.5) is 24.5 Å². The lowest BCUT2D eigenvalue weighted by Gasteiger charge is -2.10. The van der Waals surface area contributed by atoms with E-state index in [0.29, 0.717) is 0 Å². The van der Waals surface area contributed by atoms with E-state index < -0.39 is 12.2 Å². The molecule has 1 heterocycles. The third-order valence-electron chi connectivity index (χ3n) is 1.36. The van der Waals surface area contributed by atoms with Gasteiger partial charge < -0.3 is 16.2 Å². The number of nitrogens with two attached hydrogens (primary N) is 2. The number of alkyl halides is 3. The zero-order valence-corrected chi connectivity index (χ0v) is 7.17. The fourth-order valence-electron chi connectivity index (χ4n) is 0.809. The van der Waals surface area contributed by atoms with Crippen molar-refractivity contribution in [1.29, 1.82) is 5.26 Å². The molecule has 1 aromatic rings. The Morgan fingerprint density at radius 2 is 1.93 bits per heavy atom. The molecule has 8 heteroatoms. The zero-order valence-electron chi connectivity index (χ0n) is 7.17. The van der Waals surface area contributed by atoms with Gasteiger partial charge in [-0.05, 0) is 6.07 Å². The van der Waals surface area contributed by atoms with Crippen molar-refractivity contribution in [3.05, 3.63) is 11.8 Å². The molecule has 0 amide bonds. The minimum Gasteiger partial charge on any atom is -0.396 e. The number of pyridine rings is 1.